The van der Waals surface area contributed by atoms with E-state index in [4.69, 9.17) is 4.74 Å². The van der Waals surface area contributed by atoms with Gasteiger partial charge in [-0.15, -0.1) is 0 Å². The molecule has 0 spiro atoms. The van der Waals surface area contributed by atoms with Crippen molar-refractivity contribution in [1.29, 1.82) is 0 Å². The number of rotatable bonds is 4. The molecule has 0 aliphatic heterocycles. The molecule has 0 heterocycles. The molecule has 1 aliphatic carbocycles. The van der Waals surface area contributed by atoms with Crippen molar-refractivity contribution in [2.45, 2.75) is 39.0 Å². The maximum atomic E-state index is 11.8. The highest BCUT2D eigenvalue weighted by atomic mass is 16.5. The first-order valence-electron chi connectivity index (χ1n) is 6.68. The monoisotopic (exact) mass is 248 g/mol. The zero-order chi connectivity index (χ0) is 13.0. The Morgan fingerprint density at radius 3 is 2.94 bits per heavy atom. The summed E-state index contributed by atoms with van der Waals surface area (Å²) in [5, 5.41) is 9.63. The summed E-state index contributed by atoms with van der Waals surface area (Å²) >= 11 is 0. The first-order valence-corrected chi connectivity index (χ1v) is 6.68. The van der Waals surface area contributed by atoms with Gasteiger partial charge in [0.15, 0.2) is 11.5 Å². The molecule has 1 unspecified atom stereocenters. The summed E-state index contributed by atoms with van der Waals surface area (Å²) in [6.45, 7) is 2.41. The molecular formula is C15H20O3. The highest BCUT2D eigenvalue weighted by molar-refractivity contribution is 5.81. The Bertz CT molecular complexity index is 426. The van der Waals surface area contributed by atoms with Crippen LogP contribution in [0.25, 0.3) is 0 Å². The molecule has 0 bridgehead atoms. The lowest BCUT2D eigenvalue weighted by atomic mass is 9.84. The molecule has 0 aromatic heterocycles. The molecule has 0 saturated heterocycles. The Morgan fingerprint density at radius 1 is 1.39 bits per heavy atom. The number of aromatic hydroxyl groups is 1. The predicted octanol–water partition coefficient (Wildman–Crippen LogP) is 3.09. The molecule has 1 N–H and O–H groups in total. The number of phenols is 1. The van der Waals surface area contributed by atoms with Crippen LogP contribution >= 0.6 is 0 Å². The highest BCUT2D eigenvalue weighted by Gasteiger charge is 2.22. The van der Waals surface area contributed by atoms with Gasteiger partial charge in [0.2, 0.25) is 0 Å². The zero-order valence-electron chi connectivity index (χ0n) is 10.8. The van der Waals surface area contributed by atoms with Crippen LogP contribution < -0.4 is 4.74 Å². The summed E-state index contributed by atoms with van der Waals surface area (Å²) in [5.74, 6) is 1.21. The normalized spacial score (nSPS) is 19.8. The minimum atomic E-state index is 0.151. The van der Waals surface area contributed by atoms with Crippen LogP contribution in [-0.2, 0) is 11.2 Å². The Labute approximate surface area is 108 Å². The summed E-state index contributed by atoms with van der Waals surface area (Å²) < 4.78 is 5.36. The van der Waals surface area contributed by atoms with Gasteiger partial charge in [-0.05, 0) is 43.9 Å². The van der Waals surface area contributed by atoms with Crippen molar-refractivity contribution < 1.29 is 14.6 Å². The molecule has 1 aromatic rings. The third-order valence-corrected chi connectivity index (χ3v) is 3.49. The molecule has 2 rings (SSSR count). The molecule has 1 aromatic carbocycles. The van der Waals surface area contributed by atoms with Gasteiger partial charge in [-0.1, -0.05) is 12.5 Å². The summed E-state index contributed by atoms with van der Waals surface area (Å²) in [4.78, 5) is 11.8. The van der Waals surface area contributed by atoms with E-state index < -0.39 is 0 Å². The van der Waals surface area contributed by atoms with Gasteiger partial charge in [0, 0.05) is 12.3 Å². The summed E-state index contributed by atoms with van der Waals surface area (Å²) in [6, 6.07) is 5.37. The second kappa shape index (κ2) is 5.89. The van der Waals surface area contributed by atoms with Crippen molar-refractivity contribution in [3.8, 4) is 11.5 Å². The average molecular weight is 248 g/mol. The number of Topliss-reactive ketones (excluding diaryl/α,β-unsaturated/α-hetero) is 1. The SMILES string of the molecule is CCOc1cc(CC2CCCCC2=O)ccc1O. The Balaban J connectivity index is 2.08. The zero-order valence-corrected chi connectivity index (χ0v) is 10.8. The molecule has 98 valence electrons. The van der Waals surface area contributed by atoms with Crippen LogP contribution in [0.3, 0.4) is 0 Å². The van der Waals surface area contributed by atoms with E-state index >= 15 is 0 Å². The maximum Gasteiger partial charge on any atom is 0.161 e. The van der Waals surface area contributed by atoms with E-state index in [1.165, 1.54) is 0 Å². The standard InChI is InChI=1S/C15H20O3/c1-2-18-15-10-11(7-8-14(15)17)9-12-5-3-4-6-13(12)16/h7-8,10,12,17H,2-6,9H2,1H3. The van der Waals surface area contributed by atoms with Gasteiger partial charge >= 0.3 is 0 Å². The van der Waals surface area contributed by atoms with E-state index in [1.54, 1.807) is 6.07 Å². The fourth-order valence-electron chi connectivity index (χ4n) is 2.51. The topological polar surface area (TPSA) is 46.5 Å². The van der Waals surface area contributed by atoms with E-state index in [-0.39, 0.29) is 11.7 Å². The van der Waals surface area contributed by atoms with Crippen molar-refractivity contribution >= 4 is 5.78 Å². The summed E-state index contributed by atoms with van der Waals surface area (Å²) in [5.41, 5.74) is 1.07. The third-order valence-electron chi connectivity index (χ3n) is 3.49. The lowest BCUT2D eigenvalue weighted by molar-refractivity contribution is -0.124. The second-order valence-corrected chi connectivity index (χ2v) is 4.85. The van der Waals surface area contributed by atoms with E-state index in [9.17, 15) is 9.90 Å². The Kier molecular flexibility index (Phi) is 4.24. The van der Waals surface area contributed by atoms with E-state index in [1.807, 2.05) is 19.1 Å². The smallest absolute Gasteiger partial charge is 0.161 e. The van der Waals surface area contributed by atoms with Gasteiger partial charge in [0.25, 0.3) is 0 Å². The third kappa shape index (κ3) is 3.03. The van der Waals surface area contributed by atoms with Gasteiger partial charge in [-0.3, -0.25) is 4.79 Å². The van der Waals surface area contributed by atoms with Gasteiger partial charge in [-0.2, -0.15) is 0 Å². The van der Waals surface area contributed by atoms with Crippen LogP contribution in [0.5, 0.6) is 11.5 Å². The van der Waals surface area contributed by atoms with Crippen molar-refractivity contribution in [3.05, 3.63) is 23.8 Å². The van der Waals surface area contributed by atoms with Gasteiger partial charge < -0.3 is 9.84 Å². The second-order valence-electron chi connectivity index (χ2n) is 4.85. The number of hydrogen-bond acceptors (Lipinski definition) is 3. The highest BCUT2D eigenvalue weighted by Crippen LogP contribution is 2.30. The van der Waals surface area contributed by atoms with Crippen molar-refractivity contribution in [2.75, 3.05) is 6.61 Å². The van der Waals surface area contributed by atoms with Crippen LogP contribution in [0.2, 0.25) is 0 Å². The summed E-state index contributed by atoms with van der Waals surface area (Å²) in [7, 11) is 0. The largest absolute Gasteiger partial charge is 0.504 e. The Hall–Kier alpha value is -1.51. The molecule has 1 atom stereocenters. The number of carbonyl (C=O) groups excluding carboxylic acids is 1. The number of ether oxygens (including phenoxy) is 1. The number of ketones is 1. The fourth-order valence-corrected chi connectivity index (χ4v) is 2.51. The van der Waals surface area contributed by atoms with Crippen LogP contribution in [-0.4, -0.2) is 17.5 Å². The first-order chi connectivity index (χ1) is 8.70. The molecule has 1 saturated carbocycles. The summed E-state index contributed by atoms with van der Waals surface area (Å²) in [6.07, 6.45) is 4.66. The average Bonchev–Trinajstić information content (AvgIpc) is 2.36. The number of carbonyl (C=O) groups is 1. The van der Waals surface area contributed by atoms with E-state index in [0.29, 0.717) is 18.1 Å². The maximum absolute atomic E-state index is 11.8. The van der Waals surface area contributed by atoms with Crippen LogP contribution in [0, 0.1) is 5.92 Å². The Morgan fingerprint density at radius 2 is 2.22 bits per heavy atom. The minimum Gasteiger partial charge on any atom is -0.504 e. The van der Waals surface area contributed by atoms with Crippen molar-refractivity contribution in [1.82, 2.24) is 0 Å². The molecule has 3 heteroatoms. The van der Waals surface area contributed by atoms with Crippen LogP contribution in [0.1, 0.15) is 38.2 Å². The number of hydrogen-bond donors (Lipinski definition) is 1. The lowest BCUT2D eigenvalue weighted by Crippen LogP contribution is -2.21. The van der Waals surface area contributed by atoms with E-state index in [2.05, 4.69) is 0 Å². The molecule has 18 heavy (non-hydrogen) atoms. The molecule has 1 fully saturated rings. The molecule has 0 radical (unpaired) electrons. The first kappa shape index (κ1) is 12.9. The lowest BCUT2D eigenvalue weighted by Gasteiger charge is -2.20. The van der Waals surface area contributed by atoms with Gasteiger partial charge in [-0.25, -0.2) is 0 Å². The van der Waals surface area contributed by atoms with Crippen molar-refractivity contribution in [3.63, 3.8) is 0 Å². The number of phenolic OH excluding ortho intramolecular Hbond substituents is 1. The van der Waals surface area contributed by atoms with E-state index in [0.717, 1.165) is 37.7 Å². The van der Waals surface area contributed by atoms with Crippen LogP contribution in [0.4, 0.5) is 0 Å². The molecular weight excluding hydrogens is 228 g/mol. The minimum absolute atomic E-state index is 0.151. The molecule has 1 aliphatic rings. The molecule has 0 amide bonds. The van der Waals surface area contributed by atoms with Gasteiger partial charge in [0.1, 0.15) is 5.78 Å². The molecule has 3 nitrogen and oxygen atoms in total. The quantitative estimate of drug-likeness (QED) is 0.890. The number of benzene rings is 1. The van der Waals surface area contributed by atoms with Crippen LogP contribution in [0.15, 0.2) is 18.2 Å². The van der Waals surface area contributed by atoms with Crippen molar-refractivity contribution in [2.24, 2.45) is 5.92 Å². The predicted molar refractivity (Wildman–Crippen MR) is 69.9 cm³/mol. The van der Waals surface area contributed by atoms with Gasteiger partial charge in [0.05, 0.1) is 6.61 Å². The fraction of sp³-hybridized carbons (Fsp3) is 0.533.